The lowest BCUT2D eigenvalue weighted by Crippen LogP contribution is -2.44. The van der Waals surface area contributed by atoms with Gasteiger partial charge in [0, 0.05) is 25.7 Å². The Morgan fingerprint density at radius 3 is 2.48 bits per heavy atom. The summed E-state index contributed by atoms with van der Waals surface area (Å²) in [6.45, 7) is 5.49. The van der Waals surface area contributed by atoms with Gasteiger partial charge in [0.15, 0.2) is 4.90 Å². The summed E-state index contributed by atoms with van der Waals surface area (Å²) in [6.07, 6.45) is -0.681. The molecule has 0 aliphatic rings. The van der Waals surface area contributed by atoms with E-state index in [4.69, 9.17) is 5.11 Å². The minimum Gasteiger partial charge on any atom is -0.465 e. The van der Waals surface area contributed by atoms with E-state index in [9.17, 15) is 23.3 Å². The van der Waals surface area contributed by atoms with Crippen molar-refractivity contribution in [3.63, 3.8) is 0 Å². The zero-order chi connectivity index (χ0) is 19.3. The Hall–Kier alpha value is -2.20. The first-order valence-corrected chi connectivity index (χ1v) is 9.15. The van der Waals surface area contributed by atoms with Gasteiger partial charge in [-0.15, -0.1) is 0 Å². The third kappa shape index (κ3) is 5.68. The van der Waals surface area contributed by atoms with Crippen LogP contribution in [-0.2, 0) is 10.0 Å². The van der Waals surface area contributed by atoms with E-state index >= 15 is 0 Å². The van der Waals surface area contributed by atoms with Crippen molar-refractivity contribution < 1.29 is 23.2 Å². The van der Waals surface area contributed by atoms with Crippen molar-refractivity contribution in [3.05, 3.63) is 34.4 Å². The number of rotatable bonds is 9. The van der Waals surface area contributed by atoms with Gasteiger partial charge in [-0.2, -0.15) is 4.31 Å². The molecule has 140 valence electrons. The third-order valence-electron chi connectivity index (χ3n) is 3.48. The molecular formula is C15H23N3O6S. The Kier molecular flexibility index (Phi) is 6.88. The van der Waals surface area contributed by atoms with Crippen molar-refractivity contribution in [1.82, 2.24) is 9.62 Å². The van der Waals surface area contributed by atoms with E-state index in [2.05, 4.69) is 5.32 Å². The van der Waals surface area contributed by atoms with Gasteiger partial charge in [0.25, 0.3) is 5.69 Å². The summed E-state index contributed by atoms with van der Waals surface area (Å²) in [5.74, 6) is 0. The van der Waals surface area contributed by atoms with Crippen LogP contribution in [0.1, 0.15) is 27.2 Å². The van der Waals surface area contributed by atoms with E-state index in [-0.39, 0.29) is 24.5 Å². The van der Waals surface area contributed by atoms with Gasteiger partial charge in [-0.1, -0.05) is 32.9 Å². The van der Waals surface area contributed by atoms with Crippen molar-refractivity contribution in [2.45, 2.75) is 32.1 Å². The molecule has 0 heterocycles. The Morgan fingerprint density at radius 1 is 1.36 bits per heavy atom. The van der Waals surface area contributed by atoms with Gasteiger partial charge in [0.2, 0.25) is 10.0 Å². The van der Waals surface area contributed by atoms with Gasteiger partial charge in [-0.25, -0.2) is 13.2 Å². The highest BCUT2D eigenvalue weighted by atomic mass is 32.2. The lowest BCUT2D eigenvalue weighted by molar-refractivity contribution is -0.387. The van der Waals surface area contributed by atoms with Crippen LogP contribution in [0.5, 0.6) is 0 Å². The summed E-state index contributed by atoms with van der Waals surface area (Å²) >= 11 is 0. The number of amides is 1. The minimum absolute atomic E-state index is 0.0233. The molecule has 0 unspecified atom stereocenters. The fraction of sp³-hybridized carbons (Fsp3) is 0.533. The fourth-order valence-electron chi connectivity index (χ4n) is 2.35. The minimum atomic E-state index is -4.09. The number of para-hydroxylation sites is 1. The molecule has 1 aromatic carbocycles. The maximum atomic E-state index is 12.9. The van der Waals surface area contributed by atoms with Crippen LogP contribution < -0.4 is 5.32 Å². The highest BCUT2D eigenvalue weighted by molar-refractivity contribution is 7.89. The van der Waals surface area contributed by atoms with Gasteiger partial charge >= 0.3 is 6.09 Å². The lowest BCUT2D eigenvalue weighted by atomic mass is 9.93. The molecule has 2 N–H and O–H groups in total. The number of hydrogen-bond acceptors (Lipinski definition) is 5. The second-order valence-corrected chi connectivity index (χ2v) is 8.29. The normalized spacial score (nSPS) is 12.2. The van der Waals surface area contributed by atoms with Crippen LogP contribution in [0.2, 0.25) is 0 Å². The predicted molar refractivity (Wildman–Crippen MR) is 92.0 cm³/mol. The molecule has 0 aromatic heterocycles. The molecule has 0 radical (unpaired) electrons. The average Bonchev–Trinajstić information content (AvgIpc) is 2.52. The Balaban J connectivity index is 3.20. The summed E-state index contributed by atoms with van der Waals surface area (Å²) in [5.41, 5.74) is -1.17. The number of carboxylic acid groups (broad SMARTS) is 1. The summed E-state index contributed by atoms with van der Waals surface area (Å²) in [7, 11) is -4.09. The largest absolute Gasteiger partial charge is 0.465 e. The number of hydrogen-bond donors (Lipinski definition) is 2. The first-order valence-electron chi connectivity index (χ1n) is 7.71. The molecule has 0 saturated heterocycles. The zero-order valence-electron chi connectivity index (χ0n) is 14.4. The van der Waals surface area contributed by atoms with Crippen molar-refractivity contribution in [3.8, 4) is 0 Å². The van der Waals surface area contributed by atoms with E-state index in [1.165, 1.54) is 22.5 Å². The van der Waals surface area contributed by atoms with Gasteiger partial charge < -0.3 is 10.4 Å². The topological polar surface area (TPSA) is 130 Å². The predicted octanol–water partition coefficient (Wildman–Crippen LogP) is 2.29. The summed E-state index contributed by atoms with van der Waals surface area (Å²) < 4.78 is 27.1. The van der Waals surface area contributed by atoms with Crippen molar-refractivity contribution in [1.29, 1.82) is 0 Å². The molecule has 0 bridgehead atoms. The molecule has 25 heavy (non-hydrogen) atoms. The molecule has 0 aliphatic heterocycles. The van der Waals surface area contributed by atoms with E-state index < -0.39 is 32.1 Å². The number of nitrogens with one attached hydrogen (secondary N) is 1. The van der Waals surface area contributed by atoms with Gasteiger partial charge in [-0.05, 0) is 17.9 Å². The molecule has 1 rings (SSSR count). The van der Waals surface area contributed by atoms with E-state index in [0.717, 1.165) is 6.07 Å². The van der Waals surface area contributed by atoms with Crippen LogP contribution in [0.4, 0.5) is 10.5 Å². The SMILES string of the molecule is CCCN(CC(C)(C)CNC(=O)O)S(=O)(=O)c1ccccc1[N+](=O)[O-]. The summed E-state index contributed by atoms with van der Waals surface area (Å²) in [4.78, 5) is 20.7. The van der Waals surface area contributed by atoms with Crippen molar-refractivity contribution >= 4 is 21.8 Å². The molecule has 0 spiro atoms. The van der Waals surface area contributed by atoms with Crippen molar-refractivity contribution in [2.75, 3.05) is 19.6 Å². The molecule has 9 nitrogen and oxygen atoms in total. The van der Waals surface area contributed by atoms with Gasteiger partial charge in [0.05, 0.1) is 4.92 Å². The molecule has 0 atom stereocenters. The quantitative estimate of drug-likeness (QED) is 0.504. The Bertz CT molecular complexity index is 733. The number of benzene rings is 1. The first kappa shape index (κ1) is 20.8. The first-order chi connectivity index (χ1) is 11.5. The van der Waals surface area contributed by atoms with Gasteiger partial charge in [-0.3, -0.25) is 10.1 Å². The van der Waals surface area contributed by atoms with Crippen LogP contribution >= 0.6 is 0 Å². The lowest BCUT2D eigenvalue weighted by Gasteiger charge is -2.31. The van der Waals surface area contributed by atoms with Crippen LogP contribution in [0.3, 0.4) is 0 Å². The number of nitro groups is 1. The van der Waals surface area contributed by atoms with E-state index in [1.807, 2.05) is 0 Å². The summed E-state index contributed by atoms with van der Waals surface area (Å²) in [6, 6.07) is 5.19. The highest BCUT2D eigenvalue weighted by Crippen LogP contribution is 2.28. The maximum absolute atomic E-state index is 12.9. The highest BCUT2D eigenvalue weighted by Gasteiger charge is 2.34. The Morgan fingerprint density at radius 2 is 1.96 bits per heavy atom. The fourth-order valence-corrected chi connectivity index (χ4v) is 4.22. The number of sulfonamides is 1. The van der Waals surface area contributed by atoms with Crippen LogP contribution in [0, 0.1) is 15.5 Å². The monoisotopic (exact) mass is 373 g/mol. The second-order valence-electron chi connectivity index (χ2n) is 6.39. The van der Waals surface area contributed by atoms with Crippen LogP contribution in [-0.4, -0.2) is 48.5 Å². The average molecular weight is 373 g/mol. The molecule has 0 saturated carbocycles. The number of nitro benzene ring substituents is 1. The zero-order valence-corrected chi connectivity index (χ0v) is 15.2. The van der Waals surface area contributed by atoms with E-state index in [1.54, 1.807) is 20.8 Å². The molecule has 1 amide bonds. The molecule has 0 aliphatic carbocycles. The third-order valence-corrected chi connectivity index (χ3v) is 5.37. The molecule has 0 fully saturated rings. The second kappa shape index (κ2) is 8.26. The molecular weight excluding hydrogens is 350 g/mol. The van der Waals surface area contributed by atoms with Crippen LogP contribution in [0.25, 0.3) is 0 Å². The van der Waals surface area contributed by atoms with Gasteiger partial charge in [0.1, 0.15) is 0 Å². The van der Waals surface area contributed by atoms with Crippen LogP contribution in [0.15, 0.2) is 29.2 Å². The molecule has 1 aromatic rings. The maximum Gasteiger partial charge on any atom is 0.404 e. The van der Waals surface area contributed by atoms with Crippen molar-refractivity contribution in [2.24, 2.45) is 5.41 Å². The van der Waals surface area contributed by atoms with E-state index in [0.29, 0.717) is 6.42 Å². The smallest absolute Gasteiger partial charge is 0.404 e. The number of carbonyl (C=O) groups is 1. The molecule has 10 heteroatoms. The standard InChI is InChI=1S/C15H23N3O6S/c1-4-9-17(11-15(2,3)10-16-14(19)20)25(23,24)13-8-6-5-7-12(13)18(21)22/h5-8,16H,4,9-11H2,1-3H3,(H,19,20). The summed E-state index contributed by atoms with van der Waals surface area (Å²) in [5, 5.41) is 22.1. The Labute approximate surface area is 146 Å². The number of nitrogens with zero attached hydrogens (tertiary/aromatic N) is 2.